The van der Waals surface area contributed by atoms with Crippen molar-refractivity contribution in [2.45, 2.75) is 56.6 Å². The summed E-state index contributed by atoms with van der Waals surface area (Å²) in [6.07, 6.45) is 3.78. The van der Waals surface area contributed by atoms with E-state index in [1.807, 2.05) is 0 Å². The first-order valence-corrected chi connectivity index (χ1v) is 8.27. The molecule has 1 aliphatic heterocycles. The molecule has 0 aliphatic carbocycles. The zero-order chi connectivity index (χ0) is 11.3. The minimum absolute atomic E-state index is 0.405. The van der Waals surface area contributed by atoms with E-state index >= 15 is 0 Å². The van der Waals surface area contributed by atoms with E-state index in [0.29, 0.717) is 11.3 Å². The van der Waals surface area contributed by atoms with Gasteiger partial charge in [0.2, 0.25) is 0 Å². The third-order valence-electron chi connectivity index (χ3n) is 3.42. The molecule has 3 unspecified atom stereocenters. The molecule has 0 aromatic heterocycles. The van der Waals surface area contributed by atoms with Gasteiger partial charge >= 0.3 is 0 Å². The molecule has 0 bridgehead atoms. The normalized spacial score (nSPS) is 29.4. The van der Waals surface area contributed by atoms with Gasteiger partial charge in [-0.2, -0.15) is 23.5 Å². The second kappa shape index (κ2) is 7.08. The average Bonchev–Trinajstić information content (AvgIpc) is 2.26. The van der Waals surface area contributed by atoms with Crippen molar-refractivity contribution in [3.05, 3.63) is 0 Å². The molecule has 0 saturated carbocycles. The molecule has 1 saturated heterocycles. The smallest absolute Gasteiger partial charge is 0.0315 e. The maximum Gasteiger partial charge on any atom is 0.0315 e. The highest BCUT2D eigenvalue weighted by Gasteiger charge is 2.28. The third-order valence-corrected chi connectivity index (χ3v) is 6.69. The van der Waals surface area contributed by atoms with Crippen LogP contribution in [-0.4, -0.2) is 28.0 Å². The highest BCUT2D eigenvalue weighted by molar-refractivity contribution is 8.07. The lowest BCUT2D eigenvalue weighted by molar-refractivity contribution is 0.401. The van der Waals surface area contributed by atoms with Gasteiger partial charge in [0.25, 0.3) is 0 Å². The molecule has 1 aliphatic rings. The van der Waals surface area contributed by atoms with Crippen LogP contribution in [0, 0.1) is 5.92 Å². The topological polar surface area (TPSA) is 26.0 Å². The average molecular weight is 247 g/mol. The summed E-state index contributed by atoms with van der Waals surface area (Å²) in [6, 6.07) is 0.405. The fourth-order valence-electron chi connectivity index (χ4n) is 2.26. The maximum absolute atomic E-state index is 6.36. The highest BCUT2D eigenvalue weighted by Crippen LogP contribution is 2.34. The van der Waals surface area contributed by atoms with Crippen LogP contribution >= 0.6 is 23.5 Å². The molecule has 0 amide bonds. The second-order valence-electron chi connectivity index (χ2n) is 4.49. The van der Waals surface area contributed by atoms with Gasteiger partial charge < -0.3 is 5.73 Å². The van der Waals surface area contributed by atoms with Gasteiger partial charge in [0.1, 0.15) is 0 Å². The molecule has 0 spiro atoms. The SMILES string of the molecule is CCC(CC)CC(N)C1SCCSC1C. The quantitative estimate of drug-likeness (QED) is 0.806. The number of hydrogen-bond acceptors (Lipinski definition) is 3. The van der Waals surface area contributed by atoms with Gasteiger partial charge in [0, 0.05) is 28.0 Å². The van der Waals surface area contributed by atoms with Gasteiger partial charge in [-0.1, -0.05) is 33.6 Å². The minimum atomic E-state index is 0.405. The lowest BCUT2D eigenvalue weighted by Gasteiger charge is -2.33. The van der Waals surface area contributed by atoms with Crippen molar-refractivity contribution in [2.24, 2.45) is 11.7 Å². The fourth-order valence-corrected chi connectivity index (χ4v) is 5.17. The lowest BCUT2D eigenvalue weighted by Crippen LogP contribution is -2.41. The first-order chi connectivity index (χ1) is 7.19. The molecule has 15 heavy (non-hydrogen) atoms. The summed E-state index contributed by atoms with van der Waals surface area (Å²) < 4.78 is 0. The molecule has 1 fully saturated rings. The summed E-state index contributed by atoms with van der Waals surface area (Å²) in [5.74, 6) is 3.43. The molecule has 3 heteroatoms. The predicted molar refractivity (Wildman–Crippen MR) is 74.8 cm³/mol. The van der Waals surface area contributed by atoms with Gasteiger partial charge in [0.15, 0.2) is 0 Å². The molecular formula is C12H25NS2. The van der Waals surface area contributed by atoms with Crippen molar-refractivity contribution in [1.29, 1.82) is 0 Å². The lowest BCUT2D eigenvalue weighted by atomic mass is 9.93. The van der Waals surface area contributed by atoms with Crippen LogP contribution in [0.25, 0.3) is 0 Å². The van der Waals surface area contributed by atoms with E-state index in [2.05, 4.69) is 44.3 Å². The van der Waals surface area contributed by atoms with Crippen LogP contribution in [0.1, 0.15) is 40.0 Å². The second-order valence-corrected chi connectivity index (χ2v) is 7.26. The Labute approximate surface area is 103 Å². The third kappa shape index (κ3) is 4.20. The van der Waals surface area contributed by atoms with Crippen LogP contribution in [0.2, 0.25) is 0 Å². The molecule has 0 aromatic rings. The molecular weight excluding hydrogens is 222 g/mol. The number of rotatable bonds is 5. The van der Waals surface area contributed by atoms with Crippen LogP contribution in [-0.2, 0) is 0 Å². The van der Waals surface area contributed by atoms with E-state index in [-0.39, 0.29) is 0 Å². The molecule has 1 heterocycles. The van der Waals surface area contributed by atoms with Crippen molar-refractivity contribution < 1.29 is 0 Å². The van der Waals surface area contributed by atoms with E-state index < -0.39 is 0 Å². The summed E-state index contributed by atoms with van der Waals surface area (Å²) in [5, 5.41) is 1.43. The molecule has 1 rings (SSSR count). The molecule has 0 radical (unpaired) electrons. The molecule has 0 aromatic carbocycles. The predicted octanol–water partition coefficient (Wildman–Crippen LogP) is 3.38. The van der Waals surface area contributed by atoms with Crippen molar-refractivity contribution in [3.8, 4) is 0 Å². The number of hydrogen-bond donors (Lipinski definition) is 1. The summed E-state index contributed by atoms with van der Waals surface area (Å²) in [4.78, 5) is 0. The van der Waals surface area contributed by atoms with Crippen molar-refractivity contribution in [3.63, 3.8) is 0 Å². The van der Waals surface area contributed by atoms with Gasteiger partial charge in [-0.15, -0.1) is 0 Å². The van der Waals surface area contributed by atoms with Gasteiger partial charge in [-0.05, 0) is 12.3 Å². The summed E-state index contributed by atoms with van der Waals surface area (Å²) in [7, 11) is 0. The van der Waals surface area contributed by atoms with Crippen LogP contribution in [0.3, 0.4) is 0 Å². The summed E-state index contributed by atoms with van der Waals surface area (Å²) in [6.45, 7) is 6.91. The summed E-state index contributed by atoms with van der Waals surface area (Å²) >= 11 is 4.19. The monoisotopic (exact) mass is 247 g/mol. The van der Waals surface area contributed by atoms with E-state index in [1.54, 1.807) is 0 Å². The van der Waals surface area contributed by atoms with Crippen LogP contribution in [0.4, 0.5) is 0 Å². The Morgan fingerprint density at radius 3 is 2.33 bits per heavy atom. The van der Waals surface area contributed by atoms with Gasteiger partial charge in [-0.3, -0.25) is 0 Å². The van der Waals surface area contributed by atoms with Gasteiger partial charge in [-0.25, -0.2) is 0 Å². The minimum Gasteiger partial charge on any atom is -0.327 e. The van der Waals surface area contributed by atoms with E-state index in [9.17, 15) is 0 Å². The van der Waals surface area contributed by atoms with Crippen LogP contribution in [0.5, 0.6) is 0 Å². The first-order valence-electron chi connectivity index (χ1n) is 6.17. The Kier molecular flexibility index (Phi) is 6.48. The first kappa shape index (κ1) is 13.7. The Hall–Kier alpha value is 0.660. The molecule has 3 atom stereocenters. The van der Waals surface area contributed by atoms with Crippen molar-refractivity contribution >= 4 is 23.5 Å². The van der Waals surface area contributed by atoms with E-state index in [1.165, 1.54) is 30.8 Å². The highest BCUT2D eigenvalue weighted by atomic mass is 32.2. The Bertz CT molecular complexity index is 171. The largest absolute Gasteiger partial charge is 0.327 e. The van der Waals surface area contributed by atoms with E-state index in [0.717, 1.165) is 11.2 Å². The van der Waals surface area contributed by atoms with E-state index in [4.69, 9.17) is 5.73 Å². The zero-order valence-electron chi connectivity index (χ0n) is 10.2. The molecule has 2 N–H and O–H groups in total. The van der Waals surface area contributed by atoms with Crippen molar-refractivity contribution in [1.82, 2.24) is 0 Å². The van der Waals surface area contributed by atoms with Crippen LogP contribution in [0.15, 0.2) is 0 Å². The van der Waals surface area contributed by atoms with Crippen LogP contribution < -0.4 is 5.73 Å². The number of thioether (sulfide) groups is 2. The zero-order valence-corrected chi connectivity index (χ0v) is 11.9. The Morgan fingerprint density at radius 2 is 1.80 bits per heavy atom. The Balaban J connectivity index is 2.40. The Morgan fingerprint density at radius 1 is 1.20 bits per heavy atom. The number of nitrogens with two attached hydrogens (primary N) is 1. The fraction of sp³-hybridized carbons (Fsp3) is 1.00. The van der Waals surface area contributed by atoms with Gasteiger partial charge in [0.05, 0.1) is 0 Å². The summed E-state index contributed by atoms with van der Waals surface area (Å²) in [5.41, 5.74) is 6.36. The van der Waals surface area contributed by atoms with Crippen molar-refractivity contribution in [2.75, 3.05) is 11.5 Å². The standard InChI is InChI=1S/C12H25NS2/c1-4-10(5-2)8-11(13)12-9(3)14-6-7-15-12/h9-12H,4-8,13H2,1-3H3. The molecule has 90 valence electrons. The molecule has 1 nitrogen and oxygen atoms in total. The maximum atomic E-state index is 6.36.